The molecule has 6 heteroatoms. The first-order valence-electron chi connectivity index (χ1n) is 2.92. The summed E-state index contributed by atoms with van der Waals surface area (Å²) in [6.07, 6.45) is 0. The Morgan fingerprint density at radius 2 is 1.92 bits per heavy atom. The average molecular weight is 176 g/mol. The lowest BCUT2D eigenvalue weighted by atomic mass is 10.3. The highest BCUT2D eigenvalue weighted by Crippen LogP contribution is 2.28. The molecule has 0 saturated carbocycles. The number of hydrogen-bond acceptors (Lipinski definition) is 5. The van der Waals surface area contributed by atoms with Gasteiger partial charge in [0.2, 0.25) is 11.5 Å². The van der Waals surface area contributed by atoms with Crippen molar-refractivity contribution in [3.63, 3.8) is 0 Å². The first-order valence-corrected chi connectivity index (χ1v) is 2.92. The van der Waals surface area contributed by atoms with Crippen LogP contribution in [-0.4, -0.2) is 15.3 Å². The van der Waals surface area contributed by atoms with E-state index in [-0.39, 0.29) is 0 Å². The third-order valence-corrected chi connectivity index (χ3v) is 1.24. The summed E-state index contributed by atoms with van der Waals surface area (Å²) < 4.78 is 16.5. The number of aliphatic hydroxyl groups excluding tert-OH is 1. The van der Waals surface area contributed by atoms with Crippen molar-refractivity contribution in [2.75, 3.05) is 0 Å². The Morgan fingerprint density at radius 3 is 2.42 bits per heavy atom. The molecule has 0 aromatic carbocycles. The van der Waals surface area contributed by atoms with Crippen molar-refractivity contribution >= 4 is 0 Å². The second kappa shape index (κ2) is 2.82. The molecular formula is C6H5FO5. The molecule has 0 spiro atoms. The largest absolute Gasteiger partial charge is 0.502 e. The van der Waals surface area contributed by atoms with Gasteiger partial charge in [-0.3, -0.25) is 0 Å². The van der Waals surface area contributed by atoms with Gasteiger partial charge in [0.25, 0.3) is 5.82 Å². The molecule has 0 radical (unpaired) electrons. The van der Waals surface area contributed by atoms with Gasteiger partial charge in [-0.25, -0.2) is 4.79 Å². The quantitative estimate of drug-likeness (QED) is 0.545. The summed E-state index contributed by atoms with van der Waals surface area (Å²) in [5, 5.41) is 26.0. The zero-order valence-corrected chi connectivity index (χ0v) is 5.74. The minimum atomic E-state index is -1.58. The zero-order chi connectivity index (χ0) is 9.30. The predicted molar refractivity (Wildman–Crippen MR) is 34.2 cm³/mol. The Balaban J connectivity index is 3.50. The number of aromatic hydroxyl groups is 2. The second-order valence-electron chi connectivity index (χ2n) is 1.98. The van der Waals surface area contributed by atoms with Crippen LogP contribution < -0.4 is 5.63 Å². The highest BCUT2D eigenvalue weighted by molar-refractivity contribution is 5.38. The Bertz CT molecular complexity index is 356. The predicted octanol–water partition coefficient (Wildman–Crippen LogP) is -0.318. The standard InChI is InChI=1S/C6H5FO5/c7-3-5(10)4(9)2(1-8)12-6(3)11/h8-10H,1H2. The fourth-order valence-corrected chi connectivity index (χ4v) is 0.645. The molecular weight excluding hydrogens is 171 g/mol. The van der Waals surface area contributed by atoms with Crippen LogP contribution in [0.2, 0.25) is 0 Å². The molecule has 1 rings (SSSR count). The smallest absolute Gasteiger partial charge is 0.376 e. The molecule has 0 fully saturated rings. The van der Waals surface area contributed by atoms with Crippen LogP contribution in [-0.2, 0) is 6.61 Å². The van der Waals surface area contributed by atoms with Crippen LogP contribution in [0.1, 0.15) is 5.76 Å². The maximum atomic E-state index is 12.4. The summed E-state index contributed by atoms with van der Waals surface area (Å²) in [4.78, 5) is 10.4. The first kappa shape index (κ1) is 8.54. The average Bonchev–Trinajstić information content (AvgIpc) is 2.08. The summed E-state index contributed by atoms with van der Waals surface area (Å²) >= 11 is 0. The molecule has 0 unspecified atom stereocenters. The molecule has 1 heterocycles. The Labute approximate surface area is 65.3 Å². The number of rotatable bonds is 1. The number of halogens is 1. The molecule has 66 valence electrons. The van der Waals surface area contributed by atoms with Gasteiger partial charge >= 0.3 is 5.63 Å². The Kier molecular flexibility index (Phi) is 2.01. The van der Waals surface area contributed by atoms with Crippen molar-refractivity contribution in [1.29, 1.82) is 0 Å². The van der Waals surface area contributed by atoms with Gasteiger partial charge in [-0.15, -0.1) is 0 Å². The molecule has 0 atom stereocenters. The van der Waals surface area contributed by atoms with E-state index in [1.807, 2.05) is 0 Å². The summed E-state index contributed by atoms with van der Waals surface area (Å²) in [7, 11) is 0. The van der Waals surface area contributed by atoms with Gasteiger partial charge in [0.15, 0.2) is 5.76 Å². The van der Waals surface area contributed by atoms with Crippen molar-refractivity contribution in [3.8, 4) is 11.5 Å². The summed E-state index contributed by atoms with van der Waals surface area (Å²) in [5.41, 5.74) is -1.44. The van der Waals surface area contributed by atoms with Crippen molar-refractivity contribution in [1.82, 2.24) is 0 Å². The van der Waals surface area contributed by atoms with E-state index < -0.39 is 35.3 Å². The Hall–Kier alpha value is -1.56. The second-order valence-corrected chi connectivity index (χ2v) is 1.98. The highest BCUT2D eigenvalue weighted by atomic mass is 19.1. The van der Waals surface area contributed by atoms with Crippen LogP contribution in [0.15, 0.2) is 9.21 Å². The third-order valence-electron chi connectivity index (χ3n) is 1.24. The fourth-order valence-electron chi connectivity index (χ4n) is 0.645. The molecule has 5 nitrogen and oxygen atoms in total. The van der Waals surface area contributed by atoms with Crippen LogP contribution in [0, 0.1) is 5.82 Å². The van der Waals surface area contributed by atoms with Crippen LogP contribution in [0.25, 0.3) is 0 Å². The van der Waals surface area contributed by atoms with E-state index >= 15 is 0 Å². The van der Waals surface area contributed by atoms with Crippen molar-refractivity contribution < 1.29 is 24.1 Å². The summed E-state index contributed by atoms with van der Waals surface area (Å²) in [5.74, 6) is -4.33. The molecule has 3 N–H and O–H groups in total. The van der Waals surface area contributed by atoms with E-state index in [9.17, 15) is 9.18 Å². The Morgan fingerprint density at radius 1 is 1.33 bits per heavy atom. The lowest BCUT2D eigenvalue weighted by Crippen LogP contribution is -2.06. The maximum absolute atomic E-state index is 12.4. The molecule has 0 aliphatic rings. The number of aliphatic hydroxyl groups is 1. The van der Waals surface area contributed by atoms with Crippen molar-refractivity contribution in [2.24, 2.45) is 0 Å². The van der Waals surface area contributed by atoms with Gasteiger partial charge in [0, 0.05) is 0 Å². The van der Waals surface area contributed by atoms with E-state index in [0.29, 0.717) is 0 Å². The van der Waals surface area contributed by atoms with E-state index in [0.717, 1.165) is 0 Å². The van der Waals surface area contributed by atoms with E-state index in [1.54, 1.807) is 0 Å². The zero-order valence-electron chi connectivity index (χ0n) is 5.74. The van der Waals surface area contributed by atoms with Gasteiger partial charge in [0.1, 0.15) is 6.61 Å². The first-order chi connectivity index (χ1) is 5.57. The summed E-state index contributed by atoms with van der Waals surface area (Å²) in [6.45, 7) is -0.797. The minimum Gasteiger partial charge on any atom is -0.502 e. The van der Waals surface area contributed by atoms with Gasteiger partial charge in [-0.2, -0.15) is 4.39 Å². The van der Waals surface area contributed by atoms with Crippen LogP contribution in [0.4, 0.5) is 4.39 Å². The van der Waals surface area contributed by atoms with E-state index in [4.69, 9.17) is 15.3 Å². The highest BCUT2D eigenvalue weighted by Gasteiger charge is 2.17. The minimum absolute atomic E-state index is 0.570. The van der Waals surface area contributed by atoms with Gasteiger partial charge in [-0.1, -0.05) is 0 Å². The molecule has 0 aliphatic heterocycles. The molecule has 12 heavy (non-hydrogen) atoms. The molecule has 0 saturated heterocycles. The third kappa shape index (κ3) is 1.12. The monoisotopic (exact) mass is 176 g/mol. The van der Waals surface area contributed by atoms with Crippen molar-refractivity contribution in [3.05, 3.63) is 22.0 Å². The van der Waals surface area contributed by atoms with Crippen LogP contribution in [0.3, 0.4) is 0 Å². The molecule has 1 aromatic heterocycles. The summed E-state index contributed by atoms with van der Waals surface area (Å²) in [6, 6.07) is 0. The van der Waals surface area contributed by atoms with Gasteiger partial charge in [-0.05, 0) is 0 Å². The van der Waals surface area contributed by atoms with Gasteiger partial charge in [0.05, 0.1) is 0 Å². The lowest BCUT2D eigenvalue weighted by Gasteiger charge is -2.00. The molecule has 1 aromatic rings. The number of hydrogen-bond donors (Lipinski definition) is 3. The SMILES string of the molecule is O=c1oc(CO)c(O)c(O)c1F. The van der Waals surface area contributed by atoms with Gasteiger partial charge < -0.3 is 19.7 Å². The molecule has 0 bridgehead atoms. The van der Waals surface area contributed by atoms with E-state index in [1.165, 1.54) is 0 Å². The molecule has 0 aliphatic carbocycles. The molecule has 0 amide bonds. The van der Waals surface area contributed by atoms with Crippen molar-refractivity contribution in [2.45, 2.75) is 6.61 Å². The topological polar surface area (TPSA) is 90.9 Å². The van der Waals surface area contributed by atoms with Crippen LogP contribution in [0.5, 0.6) is 11.5 Å². The van der Waals surface area contributed by atoms with E-state index in [2.05, 4.69) is 4.42 Å². The van der Waals surface area contributed by atoms with Crippen LogP contribution >= 0.6 is 0 Å². The maximum Gasteiger partial charge on any atom is 0.376 e. The fraction of sp³-hybridized carbons (Fsp3) is 0.167. The lowest BCUT2D eigenvalue weighted by molar-refractivity contribution is 0.218. The normalized spacial score (nSPS) is 10.2.